The maximum absolute atomic E-state index is 10.9. The lowest BCUT2D eigenvalue weighted by molar-refractivity contribution is -0.136. The molecule has 21 heavy (non-hydrogen) atoms. The first-order valence-corrected chi connectivity index (χ1v) is 9.82. The van der Waals surface area contributed by atoms with Crippen molar-refractivity contribution in [3.63, 3.8) is 0 Å². The molecule has 4 unspecified atom stereocenters. The minimum Gasteiger partial charge on any atom is -0.390 e. The Hall–Kier alpha value is 0.230. The summed E-state index contributed by atoms with van der Waals surface area (Å²) in [6, 6.07) is 0. The van der Waals surface area contributed by atoms with Crippen LogP contribution in [0.1, 0.15) is 51.4 Å². The first kappa shape index (κ1) is 16.1. The monoisotopic (exact) mass is 314 g/mol. The molecular weight excluding hydrogens is 284 g/mol. The summed E-state index contributed by atoms with van der Waals surface area (Å²) < 4.78 is 11.9. The Bertz CT molecular complexity index is 324. The number of rotatable bonds is 4. The van der Waals surface area contributed by atoms with Gasteiger partial charge < -0.3 is 14.6 Å². The van der Waals surface area contributed by atoms with Gasteiger partial charge in [0.25, 0.3) is 0 Å². The van der Waals surface area contributed by atoms with E-state index in [-0.39, 0.29) is 17.8 Å². The fourth-order valence-corrected chi connectivity index (χ4v) is 5.94. The van der Waals surface area contributed by atoms with Gasteiger partial charge in [-0.2, -0.15) is 11.8 Å². The van der Waals surface area contributed by atoms with Crippen molar-refractivity contribution in [3.05, 3.63) is 0 Å². The molecule has 0 radical (unpaired) electrons. The van der Waals surface area contributed by atoms with Crippen LogP contribution in [-0.4, -0.2) is 48.1 Å². The molecule has 0 bridgehead atoms. The van der Waals surface area contributed by atoms with Crippen LogP contribution in [0, 0.1) is 11.8 Å². The summed E-state index contributed by atoms with van der Waals surface area (Å²) in [5.74, 6) is 3.22. The van der Waals surface area contributed by atoms with Crippen molar-refractivity contribution in [3.8, 4) is 0 Å². The fourth-order valence-electron chi connectivity index (χ4n) is 4.56. The fraction of sp³-hybridized carbons (Fsp3) is 1.00. The highest BCUT2D eigenvalue weighted by molar-refractivity contribution is 7.99. The van der Waals surface area contributed by atoms with Crippen LogP contribution in [-0.2, 0) is 9.47 Å². The molecule has 2 saturated heterocycles. The molecule has 2 heterocycles. The molecule has 3 aliphatic rings. The lowest BCUT2D eigenvalue weighted by Crippen LogP contribution is -2.48. The summed E-state index contributed by atoms with van der Waals surface area (Å²) in [5.41, 5.74) is 0.0550. The van der Waals surface area contributed by atoms with Gasteiger partial charge in [-0.1, -0.05) is 19.3 Å². The third-order valence-electron chi connectivity index (χ3n) is 5.80. The van der Waals surface area contributed by atoms with Crippen molar-refractivity contribution in [2.75, 3.05) is 25.2 Å². The summed E-state index contributed by atoms with van der Waals surface area (Å²) in [6.07, 6.45) is 9.26. The van der Waals surface area contributed by atoms with Crippen LogP contribution in [0.25, 0.3) is 0 Å². The van der Waals surface area contributed by atoms with E-state index in [0.717, 1.165) is 31.6 Å². The van der Waals surface area contributed by atoms with Crippen LogP contribution in [0.3, 0.4) is 0 Å². The number of thioether (sulfide) groups is 1. The van der Waals surface area contributed by atoms with Gasteiger partial charge >= 0.3 is 0 Å². The number of methoxy groups -OCH3 is 1. The Morgan fingerprint density at radius 1 is 1.19 bits per heavy atom. The highest BCUT2D eigenvalue weighted by atomic mass is 32.2. The van der Waals surface area contributed by atoms with Crippen molar-refractivity contribution >= 4 is 11.8 Å². The van der Waals surface area contributed by atoms with Crippen molar-refractivity contribution < 1.29 is 14.6 Å². The second kappa shape index (κ2) is 7.20. The molecule has 1 N–H and O–H groups in total. The molecule has 4 atom stereocenters. The molecule has 1 spiro atoms. The second-order valence-corrected chi connectivity index (χ2v) is 8.28. The van der Waals surface area contributed by atoms with Crippen molar-refractivity contribution in [1.82, 2.24) is 0 Å². The van der Waals surface area contributed by atoms with Gasteiger partial charge in [-0.05, 0) is 49.7 Å². The Balaban J connectivity index is 1.63. The predicted molar refractivity (Wildman–Crippen MR) is 86.7 cm³/mol. The van der Waals surface area contributed by atoms with Crippen molar-refractivity contribution in [2.24, 2.45) is 11.8 Å². The number of hydrogen-bond donors (Lipinski definition) is 1. The Labute approximate surface area is 133 Å². The molecule has 3 nitrogen and oxygen atoms in total. The minimum absolute atomic E-state index is 0.0273. The van der Waals surface area contributed by atoms with E-state index in [2.05, 4.69) is 0 Å². The van der Waals surface area contributed by atoms with Crippen molar-refractivity contribution in [2.45, 2.75) is 69.2 Å². The quantitative estimate of drug-likeness (QED) is 0.864. The molecule has 0 aromatic rings. The number of hydrogen-bond acceptors (Lipinski definition) is 4. The van der Waals surface area contributed by atoms with Gasteiger partial charge in [0, 0.05) is 19.5 Å². The van der Waals surface area contributed by atoms with E-state index in [9.17, 15) is 5.11 Å². The SMILES string of the molecule is COC(C1CCCCC1)C(O)C1CCOC2(CCSC2)C1. The van der Waals surface area contributed by atoms with Crippen LogP contribution in [0.15, 0.2) is 0 Å². The lowest BCUT2D eigenvalue weighted by atomic mass is 9.75. The van der Waals surface area contributed by atoms with E-state index in [4.69, 9.17) is 9.47 Å². The molecule has 0 aromatic heterocycles. The lowest BCUT2D eigenvalue weighted by Gasteiger charge is -2.42. The third kappa shape index (κ3) is 3.60. The molecule has 0 amide bonds. The van der Waals surface area contributed by atoms with Crippen LogP contribution in [0.4, 0.5) is 0 Å². The maximum atomic E-state index is 10.9. The zero-order valence-electron chi connectivity index (χ0n) is 13.3. The molecule has 3 rings (SSSR count). The van der Waals surface area contributed by atoms with E-state index in [1.807, 2.05) is 11.8 Å². The van der Waals surface area contributed by atoms with Crippen molar-refractivity contribution in [1.29, 1.82) is 0 Å². The van der Waals surface area contributed by atoms with E-state index in [0.29, 0.717) is 11.8 Å². The molecule has 2 aliphatic heterocycles. The number of aliphatic hydroxyl groups is 1. The first-order valence-electron chi connectivity index (χ1n) is 8.67. The maximum Gasteiger partial charge on any atom is 0.0860 e. The van der Waals surface area contributed by atoms with Crippen LogP contribution >= 0.6 is 11.8 Å². The third-order valence-corrected chi connectivity index (χ3v) is 7.03. The average molecular weight is 314 g/mol. The summed E-state index contributed by atoms with van der Waals surface area (Å²) in [5, 5.41) is 10.9. The van der Waals surface area contributed by atoms with E-state index < -0.39 is 0 Å². The van der Waals surface area contributed by atoms with Crippen LogP contribution in [0.2, 0.25) is 0 Å². The summed E-state index contributed by atoms with van der Waals surface area (Å²) in [7, 11) is 1.78. The van der Waals surface area contributed by atoms with E-state index in [1.54, 1.807) is 7.11 Å². The standard InChI is InChI=1S/C17H30O3S/c1-19-16(13-5-3-2-4-6-13)15(18)14-7-9-20-17(11-14)8-10-21-12-17/h13-16,18H,2-12H2,1H3. The largest absolute Gasteiger partial charge is 0.390 e. The Morgan fingerprint density at radius 2 is 2.00 bits per heavy atom. The number of ether oxygens (including phenoxy) is 2. The highest BCUT2D eigenvalue weighted by Crippen LogP contribution is 2.43. The highest BCUT2D eigenvalue weighted by Gasteiger charge is 2.44. The molecule has 0 aromatic carbocycles. The zero-order chi connectivity index (χ0) is 14.7. The van der Waals surface area contributed by atoms with Gasteiger partial charge in [0.1, 0.15) is 0 Å². The van der Waals surface area contributed by atoms with Gasteiger partial charge in [0.05, 0.1) is 17.8 Å². The van der Waals surface area contributed by atoms with Gasteiger partial charge in [-0.3, -0.25) is 0 Å². The smallest absolute Gasteiger partial charge is 0.0860 e. The zero-order valence-corrected chi connectivity index (χ0v) is 14.1. The minimum atomic E-state index is -0.315. The Kier molecular flexibility index (Phi) is 5.52. The summed E-state index contributed by atoms with van der Waals surface area (Å²) in [6.45, 7) is 0.809. The van der Waals surface area contributed by atoms with Crippen LogP contribution < -0.4 is 0 Å². The van der Waals surface area contributed by atoms with Gasteiger partial charge in [0.2, 0.25) is 0 Å². The van der Waals surface area contributed by atoms with E-state index in [1.165, 1.54) is 37.9 Å². The Morgan fingerprint density at radius 3 is 2.67 bits per heavy atom. The van der Waals surface area contributed by atoms with E-state index >= 15 is 0 Å². The number of aliphatic hydroxyl groups excluding tert-OH is 1. The second-order valence-electron chi connectivity index (χ2n) is 7.18. The molecule has 1 aliphatic carbocycles. The first-order chi connectivity index (χ1) is 10.2. The molecule has 122 valence electrons. The van der Waals surface area contributed by atoms with Gasteiger partial charge in [-0.15, -0.1) is 0 Å². The topological polar surface area (TPSA) is 38.7 Å². The summed E-state index contributed by atoms with van der Waals surface area (Å²) in [4.78, 5) is 0. The normalized spacial score (nSPS) is 37.7. The predicted octanol–water partition coefficient (Wildman–Crippen LogP) is 3.24. The molecular formula is C17H30O3S. The van der Waals surface area contributed by atoms with Crippen LogP contribution in [0.5, 0.6) is 0 Å². The van der Waals surface area contributed by atoms with Gasteiger partial charge in [-0.25, -0.2) is 0 Å². The molecule has 3 fully saturated rings. The van der Waals surface area contributed by atoms with Gasteiger partial charge in [0.15, 0.2) is 0 Å². The summed E-state index contributed by atoms with van der Waals surface area (Å²) >= 11 is 2.00. The molecule has 4 heteroatoms. The average Bonchev–Trinajstić information content (AvgIpc) is 2.97. The molecule has 1 saturated carbocycles.